The third kappa shape index (κ3) is 6.03. The van der Waals surface area contributed by atoms with Gasteiger partial charge in [0, 0.05) is 18.3 Å². The molecule has 33 heavy (non-hydrogen) atoms. The number of nitrogens with zero attached hydrogens (tertiary/aromatic N) is 2. The second kappa shape index (κ2) is 10.1. The average Bonchev–Trinajstić information content (AvgIpc) is 3.32. The van der Waals surface area contributed by atoms with Gasteiger partial charge in [0.15, 0.2) is 23.8 Å². The molecule has 174 valence electrons. The number of rotatable bonds is 8. The van der Waals surface area contributed by atoms with Crippen molar-refractivity contribution in [3.05, 3.63) is 71.5 Å². The highest BCUT2D eigenvalue weighted by atomic mass is 19.4. The van der Waals surface area contributed by atoms with Crippen molar-refractivity contribution in [2.75, 3.05) is 20.8 Å². The zero-order chi connectivity index (χ0) is 24.0. The maximum absolute atomic E-state index is 12.7. The summed E-state index contributed by atoms with van der Waals surface area (Å²) in [5.74, 6) is -0.428. The van der Waals surface area contributed by atoms with E-state index in [1.807, 2.05) is 0 Å². The van der Waals surface area contributed by atoms with Crippen molar-refractivity contribution in [2.45, 2.75) is 12.7 Å². The number of halogens is 3. The molecule has 0 spiro atoms. The second-order valence-corrected chi connectivity index (χ2v) is 6.72. The third-order valence-electron chi connectivity index (χ3n) is 4.53. The Kier molecular flexibility index (Phi) is 7.21. The van der Waals surface area contributed by atoms with Gasteiger partial charge in [-0.1, -0.05) is 12.1 Å². The number of nitrogens with one attached hydrogen (secondary N) is 1. The van der Waals surface area contributed by atoms with Gasteiger partial charge in [-0.05, 0) is 42.0 Å². The van der Waals surface area contributed by atoms with E-state index in [4.69, 9.17) is 9.47 Å². The summed E-state index contributed by atoms with van der Waals surface area (Å²) in [6.07, 6.45) is -3.29. The quantitative estimate of drug-likeness (QED) is 0.515. The summed E-state index contributed by atoms with van der Waals surface area (Å²) in [6, 6.07) is 11.9. The molecular formula is C22H20F3N3O5. The molecule has 0 unspecified atom stereocenters. The number of ether oxygens (including phenoxy) is 3. The van der Waals surface area contributed by atoms with Gasteiger partial charge < -0.3 is 19.5 Å². The molecule has 1 N–H and O–H groups in total. The predicted octanol–water partition coefficient (Wildman–Crippen LogP) is 3.38. The number of amides is 1. The Labute approximate surface area is 186 Å². The van der Waals surface area contributed by atoms with Gasteiger partial charge in [0.25, 0.3) is 5.91 Å². The summed E-state index contributed by atoms with van der Waals surface area (Å²) >= 11 is 0. The molecule has 1 aromatic heterocycles. The zero-order valence-electron chi connectivity index (χ0n) is 17.7. The molecule has 0 fully saturated rings. The molecule has 0 bridgehead atoms. The molecule has 0 radical (unpaired) electrons. The molecule has 1 amide bonds. The van der Waals surface area contributed by atoms with Gasteiger partial charge in [-0.15, -0.1) is 0 Å². The molecule has 0 aliphatic carbocycles. The molecule has 0 saturated heterocycles. The van der Waals surface area contributed by atoms with Gasteiger partial charge in [0.2, 0.25) is 0 Å². The monoisotopic (exact) mass is 463 g/mol. The van der Waals surface area contributed by atoms with E-state index in [1.54, 1.807) is 24.3 Å². The van der Waals surface area contributed by atoms with Crippen LogP contribution in [0.5, 0.6) is 11.5 Å². The van der Waals surface area contributed by atoms with E-state index < -0.39 is 23.7 Å². The lowest BCUT2D eigenvalue weighted by Gasteiger charge is -2.12. The number of carbonyl (C=O) groups excluding carboxylic acids is 2. The van der Waals surface area contributed by atoms with E-state index in [-0.39, 0.29) is 24.5 Å². The molecule has 11 heteroatoms. The smallest absolute Gasteiger partial charge is 0.435 e. The fourth-order valence-corrected chi connectivity index (χ4v) is 2.80. The lowest BCUT2D eigenvalue weighted by molar-refractivity contribution is -0.143. The van der Waals surface area contributed by atoms with Crippen molar-refractivity contribution in [3.63, 3.8) is 0 Å². The van der Waals surface area contributed by atoms with Gasteiger partial charge in [0.1, 0.15) is 0 Å². The van der Waals surface area contributed by atoms with E-state index in [0.29, 0.717) is 11.4 Å². The van der Waals surface area contributed by atoms with Crippen molar-refractivity contribution in [2.24, 2.45) is 0 Å². The first-order valence-electron chi connectivity index (χ1n) is 9.59. The van der Waals surface area contributed by atoms with Crippen molar-refractivity contribution >= 4 is 11.9 Å². The maximum atomic E-state index is 12.7. The van der Waals surface area contributed by atoms with Crippen molar-refractivity contribution < 1.29 is 37.0 Å². The summed E-state index contributed by atoms with van der Waals surface area (Å²) in [5.41, 5.74) is 0.478. The van der Waals surface area contributed by atoms with Crippen LogP contribution in [-0.4, -0.2) is 42.5 Å². The Balaban J connectivity index is 1.63. The standard InChI is InChI=1S/C22H20F3N3O5/c1-31-17-8-5-15(11-18(17)33-13-20(29)32-2)21(30)26-12-14-3-6-16(7-4-14)28-10-9-19(27-28)22(23,24)25/h3-11H,12-13H2,1-2H3,(H,26,30). The molecule has 1 heterocycles. The number of alkyl halides is 3. The third-order valence-corrected chi connectivity index (χ3v) is 4.53. The number of aromatic nitrogens is 2. The second-order valence-electron chi connectivity index (χ2n) is 6.72. The van der Waals surface area contributed by atoms with Crippen molar-refractivity contribution in [1.82, 2.24) is 15.1 Å². The van der Waals surface area contributed by atoms with E-state index in [2.05, 4.69) is 15.2 Å². The van der Waals surface area contributed by atoms with Crippen LogP contribution >= 0.6 is 0 Å². The van der Waals surface area contributed by atoms with E-state index in [9.17, 15) is 22.8 Å². The van der Waals surface area contributed by atoms with Crippen LogP contribution in [0.3, 0.4) is 0 Å². The summed E-state index contributed by atoms with van der Waals surface area (Å²) in [7, 11) is 2.66. The summed E-state index contributed by atoms with van der Waals surface area (Å²) < 4.78 is 54.3. The van der Waals surface area contributed by atoms with Crippen molar-refractivity contribution in [1.29, 1.82) is 0 Å². The molecular weight excluding hydrogens is 443 g/mol. The summed E-state index contributed by atoms with van der Waals surface area (Å²) in [6.45, 7) is -0.165. The lowest BCUT2D eigenvalue weighted by atomic mass is 10.1. The minimum absolute atomic E-state index is 0.177. The van der Waals surface area contributed by atoms with Gasteiger partial charge in [-0.3, -0.25) is 4.79 Å². The predicted molar refractivity (Wildman–Crippen MR) is 110 cm³/mol. The fraction of sp³-hybridized carbons (Fsp3) is 0.227. The minimum atomic E-state index is -4.51. The van der Waals surface area contributed by atoms with Crippen LogP contribution < -0.4 is 14.8 Å². The van der Waals surface area contributed by atoms with Crippen LogP contribution in [-0.2, 0) is 22.3 Å². The largest absolute Gasteiger partial charge is 0.493 e. The number of hydrogen-bond donors (Lipinski definition) is 1. The molecule has 2 aromatic carbocycles. The van der Waals surface area contributed by atoms with Crippen LogP contribution in [0, 0.1) is 0 Å². The van der Waals surface area contributed by atoms with Crippen LogP contribution in [0.15, 0.2) is 54.7 Å². The summed E-state index contributed by atoms with van der Waals surface area (Å²) in [5, 5.41) is 6.26. The Morgan fingerprint density at radius 3 is 2.36 bits per heavy atom. The highest BCUT2D eigenvalue weighted by molar-refractivity contribution is 5.94. The number of benzene rings is 2. The Morgan fingerprint density at radius 2 is 1.76 bits per heavy atom. The Morgan fingerprint density at radius 1 is 1.03 bits per heavy atom. The maximum Gasteiger partial charge on any atom is 0.435 e. The number of carbonyl (C=O) groups is 2. The number of methoxy groups -OCH3 is 2. The molecule has 0 saturated carbocycles. The molecule has 0 aliphatic rings. The Hall–Kier alpha value is -4.02. The van der Waals surface area contributed by atoms with Crippen LogP contribution in [0.1, 0.15) is 21.6 Å². The minimum Gasteiger partial charge on any atom is -0.493 e. The van der Waals surface area contributed by atoms with E-state index in [0.717, 1.165) is 16.3 Å². The van der Waals surface area contributed by atoms with Gasteiger partial charge >= 0.3 is 12.1 Å². The first kappa shape index (κ1) is 23.6. The highest BCUT2D eigenvalue weighted by Crippen LogP contribution is 2.29. The lowest BCUT2D eigenvalue weighted by Crippen LogP contribution is -2.23. The van der Waals surface area contributed by atoms with Crippen molar-refractivity contribution in [3.8, 4) is 17.2 Å². The van der Waals surface area contributed by atoms with Crippen LogP contribution in [0.25, 0.3) is 5.69 Å². The molecule has 0 atom stereocenters. The molecule has 0 aliphatic heterocycles. The number of esters is 1. The zero-order valence-corrected chi connectivity index (χ0v) is 17.7. The van der Waals surface area contributed by atoms with E-state index in [1.165, 1.54) is 38.6 Å². The summed E-state index contributed by atoms with van der Waals surface area (Å²) in [4.78, 5) is 23.8. The van der Waals surface area contributed by atoms with Gasteiger partial charge in [0.05, 0.1) is 19.9 Å². The molecule has 3 rings (SSSR count). The Bertz CT molecular complexity index is 1130. The molecule has 8 nitrogen and oxygen atoms in total. The highest BCUT2D eigenvalue weighted by Gasteiger charge is 2.33. The number of hydrogen-bond acceptors (Lipinski definition) is 6. The first-order chi connectivity index (χ1) is 15.7. The topological polar surface area (TPSA) is 91.7 Å². The van der Waals surface area contributed by atoms with Gasteiger partial charge in [-0.25, -0.2) is 9.48 Å². The SMILES string of the molecule is COC(=O)COc1cc(C(=O)NCc2ccc(-n3ccc(C(F)(F)F)n3)cc2)ccc1OC. The van der Waals surface area contributed by atoms with Crippen LogP contribution in [0.4, 0.5) is 13.2 Å². The van der Waals surface area contributed by atoms with Crippen LogP contribution in [0.2, 0.25) is 0 Å². The van der Waals surface area contributed by atoms with E-state index >= 15 is 0 Å². The fourth-order valence-electron chi connectivity index (χ4n) is 2.80. The average molecular weight is 463 g/mol. The normalized spacial score (nSPS) is 11.1. The van der Waals surface area contributed by atoms with Gasteiger partial charge in [-0.2, -0.15) is 18.3 Å². The first-order valence-corrected chi connectivity index (χ1v) is 9.59. The molecule has 3 aromatic rings.